The number of piperidine rings is 1. The van der Waals surface area contributed by atoms with Crippen molar-refractivity contribution >= 4 is 11.8 Å². The highest BCUT2D eigenvalue weighted by molar-refractivity contribution is 5.93. The number of hydrogen-bond acceptors (Lipinski definition) is 3. The molecule has 5 nitrogen and oxygen atoms in total. The molecule has 1 N–H and O–H groups in total. The summed E-state index contributed by atoms with van der Waals surface area (Å²) >= 11 is 0. The second-order valence-corrected chi connectivity index (χ2v) is 5.27. The highest BCUT2D eigenvalue weighted by Gasteiger charge is 2.24. The standard InChI is InChI=1S/C15H21N3O2/c1-12(19)17-8-6-13-4-3-9-18(11-13)15(20)14-5-2-7-16-10-14/h2,5,7,10,13H,3-4,6,8-9,11H2,1H3,(H,17,19)/t13-/m1/s1. The molecule has 0 aromatic carbocycles. The molecule has 0 saturated carbocycles. The van der Waals surface area contributed by atoms with Gasteiger partial charge in [0.2, 0.25) is 5.91 Å². The van der Waals surface area contributed by atoms with Gasteiger partial charge >= 0.3 is 0 Å². The van der Waals surface area contributed by atoms with Gasteiger partial charge in [0.05, 0.1) is 5.56 Å². The Morgan fingerprint density at radius 3 is 3.05 bits per heavy atom. The third-order valence-corrected chi connectivity index (χ3v) is 3.64. The minimum Gasteiger partial charge on any atom is -0.356 e. The third kappa shape index (κ3) is 4.05. The Labute approximate surface area is 119 Å². The quantitative estimate of drug-likeness (QED) is 0.905. The molecule has 20 heavy (non-hydrogen) atoms. The third-order valence-electron chi connectivity index (χ3n) is 3.64. The Morgan fingerprint density at radius 1 is 1.50 bits per heavy atom. The van der Waals surface area contributed by atoms with Crippen LogP contribution in [-0.2, 0) is 4.79 Å². The Balaban J connectivity index is 1.87. The van der Waals surface area contributed by atoms with Crippen molar-refractivity contribution in [3.8, 4) is 0 Å². The van der Waals surface area contributed by atoms with Gasteiger partial charge in [-0.05, 0) is 37.3 Å². The SMILES string of the molecule is CC(=O)NCC[C@H]1CCCN(C(=O)c2cccnc2)C1. The molecule has 1 aliphatic rings. The summed E-state index contributed by atoms with van der Waals surface area (Å²) in [5, 5.41) is 2.82. The van der Waals surface area contributed by atoms with Gasteiger partial charge in [-0.15, -0.1) is 0 Å². The number of hydrogen-bond donors (Lipinski definition) is 1. The maximum Gasteiger partial charge on any atom is 0.255 e. The van der Waals surface area contributed by atoms with E-state index in [0.29, 0.717) is 18.0 Å². The molecule has 5 heteroatoms. The number of nitrogens with one attached hydrogen (secondary N) is 1. The first-order chi connectivity index (χ1) is 9.66. The van der Waals surface area contributed by atoms with Crippen LogP contribution in [0.1, 0.15) is 36.5 Å². The molecule has 1 aromatic rings. The summed E-state index contributed by atoms with van der Waals surface area (Å²) in [6.45, 7) is 3.80. The molecule has 2 amide bonds. The van der Waals surface area contributed by atoms with Gasteiger partial charge in [-0.1, -0.05) is 0 Å². The molecule has 1 fully saturated rings. The molecule has 0 aliphatic carbocycles. The highest BCUT2D eigenvalue weighted by Crippen LogP contribution is 2.20. The summed E-state index contributed by atoms with van der Waals surface area (Å²) in [4.78, 5) is 29.1. The number of pyridine rings is 1. The molecule has 0 unspecified atom stereocenters. The maximum atomic E-state index is 12.3. The van der Waals surface area contributed by atoms with E-state index in [1.165, 1.54) is 6.92 Å². The molecule has 1 saturated heterocycles. The monoisotopic (exact) mass is 275 g/mol. The first kappa shape index (κ1) is 14.5. The molecule has 0 spiro atoms. The molecule has 1 atom stereocenters. The van der Waals surface area contributed by atoms with E-state index >= 15 is 0 Å². The van der Waals surface area contributed by atoms with Crippen LogP contribution in [0.3, 0.4) is 0 Å². The summed E-state index contributed by atoms with van der Waals surface area (Å²) in [5.41, 5.74) is 0.648. The minimum absolute atomic E-state index is 0.00380. The van der Waals surface area contributed by atoms with Gasteiger partial charge in [-0.25, -0.2) is 0 Å². The molecule has 0 radical (unpaired) electrons. The van der Waals surface area contributed by atoms with Crippen molar-refractivity contribution in [2.45, 2.75) is 26.2 Å². The van der Waals surface area contributed by atoms with Crippen LogP contribution >= 0.6 is 0 Å². The second kappa shape index (κ2) is 7.03. The van der Waals surface area contributed by atoms with Gasteiger partial charge in [-0.3, -0.25) is 14.6 Å². The average Bonchev–Trinajstić information content (AvgIpc) is 2.47. The first-order valence-corrected chi connectivity index (χ1v) is 7.10. The smallest absolute Gasteiger partial charge is 0.255 e. The van der Waals surface area contributed by atoms with E-state index in [1.54, 1.807) is 24.5 Å². The summed E-state index contributed by atoms with van der Waals surface area (Å²) < 4.78 is 0. The van der Waals surface area contributed by atoms with Gasteiger partial charge in [0, 0.05) is 39.0 Å². The van der Waals surface area contributed by atoms with Gasteiger partial charge < -0.3 is 10.2 Å². The van der Waals surface area contributed by atoms with Crippen molar-refractivity contribution in [3.63, 3.8) is 0 Å². The molecular formula is C15H21N3O2. The van der Waals surface area contributed by atoms with Crippen molar-refractivity contribution in [1.29, 1.82) is 0 Å². The number of carbonyl (C=O) groups excluding carboxylic acids is 2. The Bertz CT molecular complexity index is 461. The lowest BCUT2D eigenvalue weighted by molar-refractivity contribution is -0.119. The summed E-state index contributed by atoms with van der Waals surface area (Å²) in [6.07, 6.45) is 6.36. The fourth-order valence-corrected chi connectivity index (χ4v) is 2.61. The molecule has 2 rings (SSSR count). The number of likely N-dealkylation sites (tertiary alicyclic amines) is 1. The molecule has 1 aromatic heterocycles. The van der Waals surface area contributed by atoms with E-state index in [9.17, 15) is 9.59 Å². The summed E-state index contributed by atoms with van der Waals surface area (Å²) in [6, 6.07) is 3.59. The van der Waals surface area contributed by atoms with Crippen LogP contribution in [0.15, 0.2) is 24.5 Å². The second-order valence-electron chi connectivity index (χ2n) is 5.27. The number of aromatic nitrogens is 1. The van der Waals surface area contributed by atoms with Crippen molar-refractivity contribution in [2.24, 2.45) is 5.92 Å². The fourth-order valence-electron chi connectivity index (χ4n) is 2.61. The van der Waals surface area contributed by atoms with Crippen LogP contribution in [0.25, 0.3) is 0 Å². The molecule has 2 heterocycles. The lowest BCUT2D eigenvalue weighted by Crippen LogP contribution is -2.40. The summed E-state index contributed by atoms with van der Waals surface area (Å²) in [5.74, 6) is 0.530. The van der Waals surface area contributed by atoms with Crippen LogP contribution in [0.2, 0.25) is 0 Å². The number of nitrogens with zero attached hydrogens (tertiary/aromatic N) is 2. The Hall–Kier alpha value is -1.91. The van der Waals surface area contributed by atoms with Gasteiger partial charge in [0.1, 0.15) is 0 Å². The molecule has 0 bridgehead atoms. The zero-order valence-corrected chi connectivity index (χ0v) is 11.8. The Morgan fingerprint density at radius 2 is 2.35 bits per heavy atom. The van der Waals surface area contributed by atoms with Crippen molar-refractivity contribution in [1.82, 2.24) is 15.2 Å². The van der Waals surface area contributed by atoms with E-state index in [1.807, 2.05) is 4.90 Å². The zero-order valence-electron chi connectivity index (χ0n) is 11.8. The Kier molecular flexibility index (Phi) is 5.09. The van der Waals surface area contributed by atoms with Crippen LogP contribution < -0.4 is 5.32 Å². The van der Waals surface area contributed by atoms with Crippen LogP contribution in [0, 0.1) is 5.92 Å². The normalized spacial score (nSPS) is 18.6. The largest absolute Gasteiger partial charge is 0.356 e. The molecule has 108 valence electrons. The minimum atomic E-state index is 0.00380. The van der Waals surface area contributed by atoms with E-state index in [0.717, 1.165) is 32.4 Å². The topological polar surface area (TPSA) is 62.3 Å². The lowest BCUT2D eigenvalue weighted by Gasteiger charge is -2.32. The lowest BCUT2D eigenvalue weighted by atomic mass is 9.94. The van der Waals surface area contributed by atoms with Gasteiger partial charge in [0.15, 0.2) is 0 Å². The van der Waals surface area contributed by atoms with Crippen molar-refractivity contribution < 1.29 is 9.59 Å². The van der Waals surface area contributed by atoms with Gasteiger partial charge in [-0.2, -0.15) is 0 Å². The van der Waals surface area contributed by atoms with Crippen LogP contribution in [-0.4, -0.2) is 41.3 Å². The van der Waals surface area contributed by atoms with Gasteiger partial charge in [0.25, 0.3) is 5.91 Å². The fraction of sp³-hybridized carbons (Fsp3) is 0.533. The van der Waals surface area contributed by atoms with Crippen LogP contribution in [0.4, 0.5) is 0 Å². The average molecular weight is 275 g/mol. The zero-order chi connectivity index (χ0) is 14.4. The van der Waals surface area contributed by atoms with E-state index in [-0.39, 0.29) is 11.8 Å². The first-order valence-electron chi connectivity index (χ1n) is 7.10. The van der Waals surface area contributed by atoms with E-state index in [2.05, 4.69) is 10.3 Å². The molecule has 1 aliphatic heterocycles. The van der Waals surface area contributed by atoms with E-state index < -0.39 is 0 Å². The summed E-state index contributed by atoms with van der Waals surface area (Å²) in [7, 11) is 0. The predicted octanol–water partition coefficient (Wildman–Crippen LogP) is 1.46. The predicted molar refractivity (Wildman–Crippen MR) is 76.2 cm³/mol. The van der Waals surface area contributed by atoms with E-state index in [4.69, 9.17) is 0 Å². The number of amides is 2. The highest BCUT2D eigenvalue weighted by atomic mass is 16.2. The molecular weight excluding hydrogens is 254 g/mol. The van der Waals surface area contributed by atoms with Crippen LogP contribution in [0.5, 0.6) is 0 Å². The van der Waals surface area contributed by atoms with Crippen molar-refractivity contribution in [2.75, 3.05) is 19.6 Å². The number of carbonyl (C=O) groups is 2. The van der Waals surface area contributed by atoms with Crippen molar-refractivity contribution in [3.05, 3.63) is 30.1 Å². The maximum absolute atomic E-state index is 12.3. The number of rotatable bonds is 4.